The lowest BCUT2D eigenvalue weighted by Crippen LogP contribution is -2.28. The maximum atomic E-state index is 11.2. The van der Waals surface area contributed by atoms with Crippen molar-refractivity contribution in [3.63, 3.8) is 0 Å². The quantitative estimate of drug-likeness (QED) is 0.629. The SMILES string of the molecule is CCNC(=O)Nc1ccc(O)cc1C. The zero-order valence-electron chi connectivity index (χ0n) is 8.29. The highest BCUT2D eigenvalue weighted by Gasteiger charge is 2.02. The molecule has 0 saturated carbocycles. The number of nitrogens with one attached hydrogen (secondary N) is 2. The highest BCUT2D eigenvalue weighted by atomic mass is 16.3. The Morgan fingerprint density at radius 2 is 2.21 bits per heavy atom. The number of rotatable bonds is 2. The molecule has 0 aromatic heterocycles. The number of hydrogen-bond donors (Lipinski definition) is 3. The van der Waals surface area contributed by atoms with E-state index in [-0.39, 0.29) is 11.8 Å². The minimum atomic E-state index is -0.235. The summed E-state index contributed by atoms with van der Waals surface area (Å²) in [5.74, 6) is 0.198. The van der Waals surface area contributed by atoms with Gasteiger partial charge >= 0.3 is 6.03 Å². The molecule has 0 aliphatic heterocycles. The monoisotopic (exact) mass is 194 g/mol. The molecule has 0 bridgehead atoms. The molecule has 0 atom stereocenters. The number of carbonyl (C=O) groups excluding carboxylic acids is 1. The van der Waals surface area contributed by atoms with Crippen molar-refractivity contribution in [3.05, 3.63) is 23.8 Å². The molecule has 0 aliphatic carbocycles. The summed E-state index contributed by atoms with van der Waals surface area (Å²) in [7, 11) is 0. The number of hydrogen-bond acceptors (Lipinski definition) is 2. The van der Waals surface area contributed by atoms with Gasteiger partial charge in [0, 0.05) is 12.2 Å². The first-order chi connectivity index (χ1) is 6.63. The second-order valence-electron chi connectivity index (χ2n) is 2.98. The standard InChI is InChI=1S/C10H14N2O2/c1-3-11-10(14)12-9-5-4-8(13)6-7(9)2/h4-6,13H,3H2,1-2H3,(H2,11,12,14). The van der Waals surface area contributed by atoms with Gasteiger partial charge in [-0.25, -0.2) is 4.79 Å². The van der Waals surface area contributed by atoms with E-state index in [1.165, 1.54) is 6.07 Å². The summed E-state index contributed by atoms with van der Waals surface area (Å²) in [6.07, 6.45) is 0. The van der Waals surface area contributed by atoms with Gasteiger partial charge in [-0.1, -0.05) is 0 Å². The molecule has 1 aromatic rings. The van der Waals surface area contributed by atoms with E-state index in [1.807, 2.05) is 13.8 Å². The minimum absolute atomic E-state index is 0.198. The largest absolute Gasteiger partial charge is 0.508 e. The van der Waals surface area contributed by atoms with Crippen molar-refractivity contribution >= 4 is 11.7 Å². The van der Waals surface area contributed by atoms with Gasteiger partial charge in [0.1, 0.15) is 5.75 Å². The van der Waals surface area contributed by atoms with Gasteiger partial charge in [0.2, 0.25) is 0 Å². The lowest BCUT2D eigenvalue weighted by atomic mass is 10.2. The van der Waals surface area contributed by atoms with Crippen LogP contribution in [0.5, 0.6) is 5.75 Å². The van der Waals surface area contributed by atoms with Crippen molar-refractivity contribution < 1.29 is 9.90 Å². The van der Waals surface area contributed by atoms with Crippen molar-refractivity contribution in [1.82, 2.24) is 5.32 Å². The molecule has 3 N–H and O–H groups in total. The lowest BCUT2D eigenvalue weighted by Gasteiger charge is -2.08. The maximum absolute atomic E-state index is 11.2. The van der Waals surface area contributed by atoms with Gasteiger partial charge in [0.15, 0.2) is 0 Å². The molecular weight excluding hydrogens is 180 g/mol. The molecule has 2 amide bonds. The van der Waals surface area contributed by atoms with Gasteiger partial charge in [-0.2, -0.15) is 0 Å². The average molecular weight is 194 g/mol. The summed E-state index contributed by atoms with van der Waals surface area (Å²) in [6.45, 7) is 4.26. The zero-order chi connectivity index (χ0) is 10.6. The smallest absolute Gasteiger partial charge is 0.319 e. The number of urea groups is 1. The number of amides is 2. The van der Waals surface area contributed by atoms with E-state index >= 15 is 0 Å². The first kappa shape index (κ1) is 10.4. The van der Waals surface area contributed by atoms with Crippen LogP contribution in [0.25, 0.3) is 0 Å². The van der Waals surface area contributed by atoms with E-state index in [2.05, 4.69) is 10.6 Å². The van der Waals surface area contributed by atoms with E-state index in [9.17, 15) is 4.79 Å². The number of anilines is 1. The van der Waals surface area contributed by atoms with E-state index in [4.69, 9.17) is 5.11 Å². The predicted octanol–water partition coefficient (Wildman–Crippen LogP) is 1.84. The van der Waals surface area contributed by atoms with Crippen molar-refractivity contribution in [1.29, 1.82) is 0 Å². The van der Waals surface area contributed by atoms with Crippen LogP contribution in [-0.2, 0) is 0 Å². The molecule has 14 heavy (non-hydrogen) atoms. The first-order valence-corrected chi connectivity index (χ1v) is 4.48. The molecule has 1 aromatic carbocycles. The molecule has 76 valence electrons. The van der Waals surface area contributed by atoms with Gasteiger partial charge in [-0.3, -0.25) is 0 Å². The maximum Gasteiger partial charge on any atom is 0.319 e. The number of benzene rings is 1. The van der Waals surface area contributed by atoms with Gasteiger partial charge in [-0.05, 0) is 37.6 Å². The Bertz CT molecular complexity index is 337. The van der Waals surface area contributed by atoms with Gasteiger partial charge in [0.05, 0.1) is 0 Å². The third-order valence-corrected chi connectivity index (χ3v) is 1.80. The summed E-state index contributed by atoms with van der Waals surface area (Å²) in [5, 5.41) is 14.4. The molecule has 1 rings (SSSR count). The van der Waals surface area contributed by atoms with Crippen LogP contribution in [0.1, 0.15) is 12.5 Å². The van der Waals surface area contributed by atoms with Crippen molar-refractivity contribution in [2.24, 2.45) is 0 Å². The molecule has 0 fully saturated rings. The fourth-order valence-electron chi connectivity index (χ4n) is 1.12. The van der Waals surface area contributed by atoms with Crippen LogP contribution >= 0.6 is 0 Å². The molecule has 0 heterocycles. The second kappa shape index (κ2) is 4.50. The molecule has 0 unspecified atom stereocenters. The molecule has 4 nitrogen and oxygen atoms in total. The number of aromatic hydroxyl groups is 1. The molecule has 0 spiro atoms. The molecule has 0 radical (unpaired) electrons. The summed E-state index contributed by atoms with van der Waals surface area (Å²) in [6, 6.07) is 4.57. The average Bonchev–Trinajstić information content (AvgIpc) is 2.10. The molecule has 4 heteroatoms. The fourth-order valence-corrected chi connectivity index (χ4v) is 1.12. The van der Waals surface area contributed by atoms with Crippen LogP contribution in [0.2, 0.25) is 0 Å². The lowest BCUT2D eigenvalue weighted by molar-refractivity contribution is 0.252. The van der Waals surface area contributed by atoms with Crippen LogP contribution < -0.4 is 10.6 Å². The highest BCUT2D eigenvalue weighted by molar-refractivity contribution is 5.90. The summed E-state index contributed by atoms with van der Waals surface area (Å²) < 4.78 is 0. The third kappa shape index (κ3) is 2.65. The van der Waals surface area contributed by atoms with Gasteiger partial charge < -0.3 is 15.7 Å². The Kier molecular flexibility index (Phi) is 3.34. The Balaban J connectivity index is 2.72. The number of phenolic OH excluding ortho intramolecular Hbond substituents is 1. The second-order valence-corrected chi connectivity index (χ2v) is 2.98. The van der Waals surface area contributed by atoms with Crippen molar-refractivity contribution in [2.45, 2.75) is 13.8 Å². The molecule has 0 saturated heterocycles. The molecule has 0 aliphatic rings. The van der Waals surface area contributed by atoms with Crippen LogP contribution in [-0.4, -0.2) is 17.7 Å². The van der Waals surface area contributed by atoms with Crippen LogP contribution in [0, 0.1) is 6.92 Å². The van der Waals surface area contributed by atoms with E-state index in [1.54, 1.807) is 12.1 Å². The van der Waals surface area contributed by atoms with Crippen LogP contribution in [0.4, 0.5) is 10.5 Å². The number of phenols is 1. The van der Waals surface area contributed by atoms with E-state index in [0.717, 1.165) is 5.56 Å². The number of aryl methyl sites for hydroxylation is 1. The molecular formula is C10H14N2O2. The van der Waals surface area contributed by atoms with Gasteiger partial charge in [-0.15, -0.1) is 0 Å². The summed E-state index contributed by atoms with van der Waals surface area (Å²) >= 11 is 0. The Morgan fingerprint density at radius 1 is 1.50 bits per heavy atom. The van der Waals surface area contributed by atoms with Crippen molar-refractivity contribution in [2.75, 3.05) is 11.9 Å². The first-order valence-electron chi connectivity index (χ1n) is 4.48. The van der Waals surface area contributed by atoms with Crippen LogP contribution in [0.3, 0.4) is 0 Å². The van der Waals surface area contributed by atoms with E-state index in [0.29, 0.717) is 12.2 Å². The summed E-state index contributed by atoms with van der Waals surface area (Å²) in [4.78, 5) is 11.2. The highest BCUT2D eigenvalue weighted by Crippen LogP contribution is 2.19. The topological polar surface area (TPSA) is 61.4 Å². The van der Waals surface area contributed by atoms with Gasteiger partial charge in [0.25, 0.3) is 0 Å². The zero-order valence-corrected chi connectivity index (χ0v) is 8.29. The van der Waals surface area contributed by atoms with Crippen LogP contribution in [0.15, 0.2) is 18.2 Å². The fraction of sp³-hybridized carbons (Fsp3) is 0.300. The van der Waals surface area contributed by atoms with Crippen molar-refractivity contribution in [3.8, 4) is 5.75 Å². The number of carbonyl (C=O) groups is 1. The van der Waals surface area contributed by atoms with E-state index < -0.39 is 0 Å². The Labute approximate surface area is 82.9 Å². The Hall–Kier alpha value is -1.71. The summed E-state index contributed by atoms with van der Waals surface area (Å²) in [5.41, 5.74) is 1.53. The minimum Gasteiger partial charge on any atom is -0.508 e. The Morgan fingerprint density at radius 3 is 2.79 bits per heavy atom. The third-order valence-electron chi connectivity index (χ3n) is 1.80. The normalized spacial score (nSPS) is 9.57. The predicted molar refractivity (Wildman–Crippen MR) is 55.5 cm³/mol.